The van der Waals surface area contributed by atoms with Gasteiger partial charge >= 0.3 is 11.9 Å². The normalized spacial score (nSPS) is 11.6. The molecule has 0 saturated heterocycles. The van der Waals surface area contributed by atoms with E-state index in [-0.39, 0.29) is 17.7 Å². The molecule has 0 saturated carbocycles. The summed E-state index contributed by atoms with van der Waals surface area (Å²) in [6.45, 7) is 5.12. The summed E-state index contributed by atoms with van der Waals surface area (Å²) in [5, 5.41) is 7.04. The Kier molecular flexibility index (Phi) is 6.86. The van der Waals surface area contributed by atoms with Crippen molar-refractivity contribution in [3.8, 4) is 10.4 Å². The van der Waals surface area contributed by atoms with Crippen molar-refractivity contribution in [2.75, 3.05) is 11.9 Å². The van der Waals surface area contributed by atoms with Gasteiger partial charge in [-0.05, 0) is 32.4 Å². The number of anilines is 1. The number of nitrogens with one attached hydrogen (secondary N) is 1. The van der Waals surface area contributed by atoms with Crippen LogP contribution in [-0.2, 0) is 21.3 Å². The van der Waals surface area contributed by atoms with Gasteiger partial charge in [0.2, 0.25) is 0 Å². The summed E-state index contributed by atoms with van der Waals surface area (Å²) in [6, 6.07) is 11.2. The van der Waals surface area contributed by atoms with Crippen molar-refractivity contribution in [1.29, 1.82) is 0 Å². The molecule has 2 aromatic heterocycles. The van der Waals surface area contributed by atoms with Crippen LogP contribution in [0.15, 0.2) is 42.6 Å². The maximum Gasteiger partial charge on any atom is 0.342 e. The van der Waals surface area contributed by atoms with Crippen molar-refractivity contribution in [2.24, 2.45) is 7.05 Å². The third-order valence-corrected chi connectivity index (χ3v) is 5.73. The van der Waals surface area contributed by atoms with E-state index in [9.17, 15) is 14.4 Å². The standard InChI is InChI=1S/C22H23N3O5S/c1-5-29-21(27)16-11-18(15-9-7-6-8-10-15)31-20(16)24-19(26)14(3)30-22(28)17-12-23-25(4)13(17)2/h6-12,14H,5H2,1-4H3,(H,24,26). The maximum absolute atomic E-state index is 12.7. The smallest absolute Gasteiger partial charge is 0.342 e. The topological polar surface area (TPSA) is 99.5 Å². The molecule has 0 aliphatic rings. The Hall–Kier alpha value is -3.46. The van der Waals surface area contributed by atoms with Gasteiger partial charge in [-0.2, -0.15) is 5.10 Å². The summed E-state index contributed by atoms with van der Waals surface area (Å²) in [5.74, 6) is -1.73. The molecule has 1 amide bonds. The molecule has 1 N–H and O–H groups in total. The van der Waals surface area contributed by atoms with Crippen LogP contribution in [0.2, 0.25) is 0 Å². The second kappa shape index (κ2) is 9.57. The largest absolute Gasteiger partial charge is 0.462 e. The fourth-order valence-electron chi connectivity index (χ4n) is 2.78. The molecule has 162 valence electrons. The lowest BCUT2D eigenvalue weighted by atomic mass is 10.1. The third kappa shape index (κ3) is 5.00. The van der Waals surface area contributed by atoms with Crippen LogP contribution < -0.4 is 5.32 Å². The highest BCUT2D eigenvalue weighted by atomic mass is 32.1. The first-order chi connectivity index (χ1) is 14.8. The molecule has 0 bridgehead atoms. The van der Waals surface area contributed by atoms with E-state index in [1.807, 2.05) is 30.3 Å². The lowest BCUT2D eigenvalue weighted by Gasteiger charge is -2.13. The van der Waals surface area contributed by atoms with Gasteiger partial charge in [0.05, 0.1) is 18.4 Å². The molecule has 1 unspecified atom stereocenters. The van der Waals surface area contributed by atoms with Crippen LogP contribution in [-0.4, -0.2) is 40.3 Å². The lowest BCUT2D eigenvalue weighted by Crippen LogP contribution is -2.30. The van der Waals surface area contributed by atoms with Crippen molar-refractivity contribution < 1.29 is 23.9 Å². The molecule has 8 nitrogen and oxygen atoms in total. The Bertz CT molecular complexity index is 1100. The van der Waals surface area contributed by atoms with Gasteiger partial charge in [-0.3, -0.25) is 9.48 Å². The molecule has 0 aliphatic heterocycles. The Balaban J connectivity index is 1.79. The van der Waals surface area contributed by atoms with E-state index in [2.05, 4.69) is 10.4 Å². The Labute approximate surface area is 183 Å². The second-order valence-electron chi connectivity index (χ2n) is 6.74. The summed E-state index contributed by atoms with van der Waals surface area (Å²) in [4.78, 5) is 38.3. The summed E-state index contributed by atoms with van der Waals surface area (Å²) in [6.07, 6.45) is 0.316. The van der Waals surface area contributed by atoms with E-state index < -0.39 is 23.9 Å². The van der Waals surface area contributed by atoms with E-state index in [1.165, 1.54) is 24.5 Å². The number of carbonyl (C=O) groups excluding carboxylic acids is 3. The zero-order chi connectivity index (χ0) is 22.5. The Morgan fingerprint density at radius 3 is 2.48 bits per heavy atom. The van der Waals surface area contributed by atoms with Crippen LogP contribution >= 0.6 is 11.3 Å². The van der Waals surface area contributed by atoms with Gasteiger partial charge in [0, 0.05) is 17.6 Å². The number of thiophene rings is 1. The predicted octanol–water partition coefficient (Wildman–Crippen LogP) is 3.82. The lowest BCUT2D eigenvalue weighted by molar-refractivity contribution is -0.123. The zero-order valence-corrected chi connectivity index (χ0v) is 18.5. The fourth-order valence-corrected chi connectivity index (χ4v) is 3.83. The molecular formula is C22H23N3O5S. The Morgan fingerprint density at radius 1 is 1.16 bits per heavy atom. The number of aromatic nitrogens is 2. The number of hydrogen-bond donors (Lipinski definition) is 1. The van der Waals surface area contributed by atoms with Crippen LogP contribution in [0.25, 0.3) is 10.4 Å². The van der Waals surface area contributed by atoms with Gasteiger partial charge in [0.1, 0.15) is 10.6 Å². The number of aryl methyl sites for hydroxylation is 1. The summed E-state index contributed by atoms with van der Waals surface area (Å²) in [5.41, 5.74) is 2.08. The monoisotopic (exact) mass is 441 g/mol. The van der Waals surface area contributed by atoms with E-state index >= 15 is 0 Å². The van der Waals surface area contributed by atoms with Crippen molar-refractivity contribution in [3.05, 3.63) is 59.4 Å². The van der Waals surface area contributed by atoms with E-state index in [0.717, 1.165) is 10.4 Å². The maximum atomic E-state index is 12.7. The summed E-state index contributed by atoms with van der Waals surface area (Å²) < 4.78 is 12.0. The molecule has 9 heteroatoms. The number of benzene rings is 1. The fraction of sp³-hybridized carbons (Fsp3) is 0.273. The minimum absolute atomic E-state index is 0.210. The first-order valence-electron chi connectivity index (χ1n) is 9.68. The van der Waals surface area contributed by atoms with Gasteiger partial charge in [-0.25, -0.2) is 9.59 Å². The zero-order valence-electron chi connectivity index (χ0n) is 17.7. The van der Waals surface area contributed by atoms with E-state index in [1.54, 1.807) is 31.6 Å². The van der Waals surface area contributed by atoms with Crippen molar-refractivity contribution in [3.63, 3.8) is 0 Å². The van der Waals surface area contributed by atoms with Crippen LogP contribution in [0.3, 0.4) is 0 Å². The van der Waals surface area contributed by atoms with Gasteiger partial charge in [-0.15, -0.1) is 11.3 Å². The number of hydrogen-bond acceptors (Lipinski definition) is 7. The molecule has 0 fully saturated rings. The molecule has 1 atom stereocenters. The second-order valence-corrected chi connectivity index (χ2v) is 7.80. The van der Waals surface area contributed by atoms with Crippen LogP contribution in [0.4, 0.5) is 5.00 Å². The summed E-state index contributed by atoms with van der Waals surface area (Å²) >= 11 is 1.25. The minimum atomic E-state index is -1.08. The van der Waals surface area contributed by atoms with Gasteiger partial charge in [-0.1, -0.05) is 30.3 Å². The SMILES string of the molecule is CCOC(=O)c1cc(-c2ccccc2)sc1NC(=O)C(C)OC(=O)c1cnn(C)c1C. The third-order valence-electron chi connectivity index (χ3n) is 4.63. The van der Waals surface area contributed by atoms with Crippen molar-refractivity contribution in [2.45, 2.75) is 26.9 Å². The highest BCUT2D eigenvalue weighted by molar-refractivity contribution is 7.20. The number of amides is 1. The molecule has 0 aliphatic carbocycles. The molecule has 0 radical (unpaired) electrons. The number of nitrogens with zero attached hydrogens (tertiary/aromatic N) is 2. The summed E-state index contributed by atoms with van der Waals surface area (Å²) in [7, 11) is 1.71. The average molecular weight is 442 g/mol. The van der Waals surface area contributed by atoms with Crippen LogP contribution in [0, 0.1) is 6.92 Å². The molecule has 3 aromatic rings. The predicted molar refractivity (Wildman–Crippen MR) is 117 cm³/mol. The minimum Gasteiger partial charge on any atom is -0.462 e. The molecule has 1 aromatic carbocycles. The first-order valence-corrected chi connectivity index (χ1v) is 10.5. The van der Waals surface area contributed by atoms with Crippen LogP contribution in [0.1, 0.15) is 40.3 Å². The van der Waals surface area contributed by atoms with E-state index in [4.69, 9.17) is 9.47 Å². The molecule has 31 heavy (non-hydrogen) atoms. The molecule has 2 heterocycles. The molecule has 0 spiro atoms. The van der Waals surface area contributed by atoms with Crippen molar-refractivity contribution in [1.82, 2.24) is 9.78 Å². The average Bonchev–Trinajstić information content (AvgIpc) is 3.32. The van der Waals surface area contributed by atoms with Gasteiger partial charge in [0.25, 0.3) is 5.91 Å². The highest BCUT2D eigenvalue weighted by Crippen LogP contribution is 2.36. The molecule has 3 rings (SSSR count). The quantitative estimate of drug-likeness (QED) is 0.560. The van der Waals surface area contributed by atoms with Gasteiger partial charge < -0.3 is 14.8 Å². The highest BCUT2D eigenvalue weighted by Gasteiger charge is 2.25. The number of carbonyl (C=O) groups is 3. The van der Waals surface area contributed by atoms with Gasteiger partial charge in [0.15, 0.2) is 6.10 Å². The number of ether oxygens (including phenoxy) is 2. The van der Waals surface area contributed by atoms with E-state index in [0.29, 0.717) is 10.7 Å². The van der Waals surface area contributed by atoms with Crippen LogP contribution in [0.5, 0.6) is 0 Å². The number of rotatable bonds is 7. The first kappa shape index (κ1) is 22.2. The van der Waals surface area contributed by atoms with Crippen molar-refractivity contribution >= 4 is 34.2 Å². The Morgan fingerprint density at radius 2 is 1.87 bits per heavy atom. The molecular weight excluding hydrogens is 418 g/mol. The number of esters is 2.